The van der Waals surface area contributed by atoms with E-state index in [1.54, 1.807) is 13.3 Å². The van der Waals surface area contributed by atoms with Crippen LogP contribution >= 0.6 is 24.8 Å². The number of benzene rings is 1. The van der Waals surface area contributed by atoms with Crippen LogP contribution in [0.25, 0.3) is 0 Å². The molecule has 28 heavy (non-hydrogen) atoms. The van der Waals surface area contributed by atoms with Gasteiger partial charge in [-0.05, 0) is 42.8 Å². The number of rotatable bonds is 4. The topological polar surface area (TPSA) is 45.7 Å². The van der Waals surface area contributed by atoms with Crippen LogP contribution in [-0.2, 0) is 11.2 Å². The fourth-order valence-corrected chi connectivity index (χ4v) is 4.53. The Bertz CT molecular complexity index is 773. The van der Waals surface area contributed by atoms with Gasteiger partial charge >= 0.3 is 0 Å². The Balaban J connectivity index is 0.00000140. The van der Waals surface area contributed by atoms with Gasteiger partial charge in [0.1, 0.15) is 5.75 Å². The number of aromatic nitrogens is 1. The van der Waals surface area contributed by atoms with Crippen molar-refractivity contribution in [1.82, 2.24) is 14.8 Å². The van der Waals surface area contributed by atoms with Crippen LogP contribution in [0.5, 0.6) is 5.75 Å². The number of ether oxygens (including phenoxy) is 1. The molecule has 1 aromatic carbocycles. The lowest BCUT2D eigenvalue weighted by Crippen LogP contribution is -2.34. The fraction of sp³-hybridized carbons (Fsp3) is 0.429. The van der Waals surface area contributed by atoms with Gasteiger partial charge in [0, 0.05) is 43.5 Å². The summed E-state index contributed by atoms with van der Waals surface area (Å²) in [6.45, 7) is 2.72. The van der Waals surface area contributed by atoms with Gasteiger partial charge in [0.2, 0.25) is 5.91 Å². The van der Waals surface area contributed by atoms with Crippen LogP contribution in [0, 0.1) is 11.8 Å². The summed E-state index contributed by atoms with van der Waals surface area (Å²) in [7, 11) is 3.88. The highest BCUT2D eigenvalue weighted by molar-refractivity contribution is 5.85. The number of hydrogen-bond donors (Lipinski definition) is 0. The fourth-order valence-electron chi connectivity index (χ4n) is 4.53. The molecule has 5 nitrogen and oxygen atoms in total. The van der Waals surface area contributed by atoms with Gasteiger partial charge in [0.05, 0.1) is 13.5 Å². The molecule has 1 aromatic heterocycles. The number of carbonyl (C=O) groups is 1. The number of nitrogens with zero attached hydrogens (tertiary/aromatic N) is 3. The average molecular weight is 424 g/mol. The first-order chi connectivity index (χ1) is 12.7. The molecule has 0 spiro atoms. The molecule has 0 saturated carbocycles. The molecule has 0 aliphatic carbocycles. The minimum atomic E-state index is 0. The highest BCUT2D eigenvalue weighted by Gasteiger charge is 2.47. The summed E-state index contributed by atoms with van der Waals surface area (Å²) in [5.74, 6) is 2.10. The van der Waals surface area contributed by atoms with E-state index in [0.717, 1.165) is 31.1 Å². The third kappa shape index (κ3) is 4.43. The first-order valence-corrected chi connectivity index (χ1v) is 9.17. The molecule has 0 radical (unpaired) electrons. The quantitative estimate of drug-likeness (QED) is 0.756. The van der Waals surface area contributed by atoms with Crippen molar-refractivity contribution in [3.05, 3.63) is 59.9 Å². The first-order valence-electron chi connectivity index (χ1n) is 9.17. The maximum absolute atomic E-state index is 12.7. The van der Waals surface area contributed by atoms with E-state index < -0.39 is 0 Å². The number of methoxy groups -OCH3 is 1. The van der Waals surface area contributed by atoms with Crippen LogP contribution in [0.2, 0.25) is 0 Å². The molecule has 0 N–H and O–H groups in total. The summed E-state index contributed by atoms with van der Waals surface area (Å²) in [5, 5.41) is 0. The van der Waals surface area contributed by atoms with Gasteiger partial charge in [-0.15, -0.1) is 24.8 Å². The SMILES string of the molecule is COc1ccc([C@H]2[C@@H]3CN(C(=O)Cc4ccccn4)C[C@@H]3CN2C)cc1.Cl.Cl. The smallest absolute Gasteiger partial charge is 0.228 e. The third-order valence-corrected chi connectivity index (χ3v) is 5.76. The molecule has 3 atom stereocenters. The van der Waals surface area contributed by atoms with Crippen LogP contribution in [-0.4, -0.2) is 54.5 Å². The molecule has 1 amide bonds. The standard InChI is InChI=1S/C21H25N3O2.2ClH/c1-23-12-16-13-24(20(25)11-17-5-3-4-10-22-17)14-19(16)21(23)15-6-8-18(26-2)9-7-15;;/h3-10,16,19,21H,11-14H2,1-2H3;2*1H/t16-,19+,21-;;/m0../s1. The Hall–Kier alpha value is -1.82. The van der Waals surface area contributed by atoms with Gasteiger partial charge in [-0.1, -0.05) is 18.2 Å². The third-order valence-electron chi connectivity index (χ3n) is 5.76. The molecule has 152 valence electrons. The second-order valence-electron chi connectivity index (χ2n) is 7.38. The minimum absolute atomic E-state index is 0. The van der Waals surface area contributed by atoms with Crippen molar-refractivity contribution in [2.75, 3.05) is 33.8 Å². The number of likely N-dealkylation sites (tertiary alicyclic amines) is 2. The maximum atomic E-state index is 12.7. The van der Waals surface area contributed by atoms with E-state index in [1.807, 2.05) is 35.2 Å². The first kappa shape index (κ1) is 22.5. The van der Waals surface area contributed by atoms with E-state index >= 15 is 0 Å². The van der Waals surface area contributed by atoms with Crippen molar-refractivity contribution in [3.63, 3.8) is 0 Å². The van der Waals surface area contributed by atoms with Crippen molar-refractivity contribution in [1.29, 1.82) is 0 Å². The van der Waals surface area contributed by atoms with Crippen molar-refractivity contribution in [3.8, 4) is 5.75 Å². The lowest BCUT2D eigenvalue weighted by molar-refractivity contribution is -0.129. The minimum Gasteiger partial charge on any atom is -0.497 e. The zero-order valence-corrected chi connectivity index (χ0v) is 17.8. The molecule has 4 rings (SSSR count). The predicted molar refractivity (Wildman–Crippen MR) is 114 cm³/mol. The normalized spacial score (nSPS) is 23.5. The Morgan fingerprint density at radius 1 is 1.11 bits per heavy atom. The van der Waals surface area contributed by atoms with Gasteiger partial charge in [0.15, 0.2) is 0 Å². The number of carbonyl (C=O) groups excluding carboxylic acids is 1. The summed E-state index contributed by atoms with van der Waals surface area (Å²) in [6, 6.07) is 14.4. The molecule has 2 aliphatic rings. The van der Waals surface area contributed by atoms with E-state index in [1.165, 1.54) is 5.56 Å². The molecule has 2 aliphatic heterocycles. The summed E-state index contributed by atoms with van der Waals surface area (Å²) >= 11 is 0. The van der Waals surface area contributed by atoms with Gasteiger partial charge < -0.3 is 9.64 Å². The monoisotopic (exact) mass is 423 g/mol. The largest absolute Gasteiger partial charge is 0.497 e. The zero-order chi connectivity index (χ0) is 18.1. The van der Waals surface area contributed by atoms with Gasteiger partial charge in [-0.2, -0.15) is 0 Å². The lowest BCUT2D eigenvalue weighted by Gasteiger charge is -2.27. The number of pyridine rings is 1. The van der Waals surface area contributed by atoms with E-state index in [4.69, 9.17) is 4.74 Å². The average Bonchev–Trinajstić information content (AvgIpc) is 3.19. The number of hydrogen-bond acceptors (Lipinski definition) is 4. The molecule has 2 saturated heterocycles. The second-order valence-corrected chi connectivity index (χ2v) is 7.38. The number of fused-ring (bicyclic) bond motifs is 1. The highest BCUT2D eigenvalue weighted by Crippen LogP contribution is 2.44. The molecule has 0 unspecified atom stereocenters. The molecule has 7 heteroatoms. The Kier molecular flexibility index (Phi) is 7.70. The molecule has 2 aromatic rings. The van der Waals surface area contributed by atoms with Gasteiger partial charge in [-0.3, -0.25) is 14.7 Å². The summed E-state index contributed by atoms with van der Waals surface area (Å²) in [5.41, 5.74) is 2.15. The van der Waals surface area contributed by atoms with Gasteiger partial charge in [0.25, 0.3) is 0 Å². The van der Waals surface area contributed by atoms with Gasteiger partial charge in [-0.25, -0.2) is 0 Å². The summed E-state index contributed by atoms with van der Waals surface area (Å²) < 4.78 is 5.28. The molecule has 3 heterocycles. The molecule has 0 bridgehead atoms. The Labute approximate surface area is 178 Å². The van der Waals surface area contributed by atoms with Crippen LogP contribution < -0.4 is 4.74 Å². The van der Waals surface area contributed by atoms with Crippen molar-refractivity contribution in [2.24, 2.45) is 11.8 Å². The Morgan fingerprint density at radius 3 is 2.50 bits per heavy atom. The second kappa shape index (κ2) is 9.59. The zero-order valence-electron chi connectivity index (χ0n) is 16.2. The number of halogens is 2. The van der Waals surface area contributed by atoms with E-state index in [9.17, 15) is 4.79 Å². The summed E-state index contributed by atoms with van der Waals surface area (Å²) in [6.07, 6.45) is 2.14. The predicted octanol–water partition coefficient (Wildman–Crippen LogP) is 3.24. The van der Waals surface area contributed by atoms with Crippen LogP contribution in [0.4, 0.5) is 0 Å². The maximum Gasteiger partial charge on any atom is 0.228 e. The van der Waals surface area contributed by atoms with Crippen molar-refractivity contribution < 1.29 is 9.53 Å². The molecular formula is C21H27Cl2N3O2. The molecule has 2 fully saturated rings. The summed E-state index contributed by atoms with van der Waals surface area (Å²) in [4.78, 5) is 21.5. The van der Waals surface area contributed by atoms with Crippen LogP contribution in [0.3, 0.4) is 0 Å². The lowest BCUT2D eigenvalue weighted by atomic mass is 9.89. The number of amides is 1. The van der Waals surface area contributed by atoms with Crippen molar-refractivity contribution >= 4 is 30.7 Å². The Morgan fingerprint density at radius 2 is 1.86 bits per heavy atom. The highest BCUT2D eigenvalue weighted by atomic mass is 35.5. The van der Waals surface area contributed by atoms with E-state index in [-0.39, 0.29) is 30.7 Å². The van der Waals surface area contributed by atoms with Crippen LogP contribution in [0.15, 0.2) is 48.7 Å². The van der Waals surface area contributed by atoms with Crippen LogP contribution in [0.1, 0.15) is 17.3 Å². The van der Waals surface area contributed by atoms with Crippen molar-refractivity contribution in [2.45, 2.75) is 12.5 Å². The van der Waals surface area contributed by atoms with E-state index in [0.29, 0.717) is 24.3 Å². The molecular weight excluding hydrogens is 397 g/mol. The van der Waals surface area contributed by atoms with E-state index in [2.05, 4.69) is 29.1 Å².